The predicted octanol–water partition coefficient (Wildman–Crippen LogP) is 4.89. The Kier molecular flexibility index (Phi) is 4.01. The maximum Gasteiger partial charge on any atom is 0.223 e. The summed E-state index contributed by atoms with van der Waals surface area (Å²) in [6.07, 6.45) is 0. The SMILES string of the molecule is [C-]#[N+]c1ccc(-c2cc(-c3ccc(C#N)cc3)nc(Cl)n2)cc1. The standard InChI is InChI=1S/C18H9ClN4/c1-21-15-8-6-14(7-9-15)17-10-16(22-18(19)23-17)13-4-2-12(11-20)3-5-13/h2-10H. The molecule has 0 atom stereocenters. The molecule has 0 spiro atoms. The third-order valence-electron chi connectivity index (χ3n) is 3.30. The van der Waals surface area contributed by atoms with Crippen molar-refractivity contribution in [2.75, 3.05) is 0 Å². The summed E-state index contributed by atoms with van der Waals surface area (Å²) in [6.45, 7) is 6.99. The lowest BCUT2D eigenvalue weighted by Gasteiger charge is -2.06. The van der Waals surface area contributed by atoms with Gasteiger partial charge in [-0.3, -0.25) is 0 Å². The Balaban J connectivity index is 2.04. The molecule has 0 saturated heterocycles. The number of benzene rings is 2. The van der Waals surface area contributed by atoms with E-state index in [1.165, 1.54) is 0 Å². The van der Waals surface area contributed by atoms with Crippen molar-refractivity contribution in [1.82, 2.24) is 9.97 Å². The molecule has 0 amide bonds. The average molecular weight is 317 g/mol. The quantitative estimate of drug-likeness (QED) is 0.500. The average Bonchev–Trinajstić information content (AvgIpc) is 2.61. The van der Waals surface area contributed by atoms with Gasteiger partial charge in [-0.15, -0.1) is 0 Å². The largest absolute Gasteiger partial charge is 0.238 e. The molecule has 0 N–H and O–H groups in total. The van der Waals surface area contributed by atoms with Gasteiger partial charge in [-0.25, -0.2) is 14.8 Å². The Bertz CT molecular complexity index is 857. The molecule has 0 fully saturated rings. The molecule has 3 rings (SSSR count). The highest BCUT2D eigenvalue weighted by Gasteiger charge is 2.08. The summed E-state index contributed by atoms with van der Waals surface area (Å²) >= 11 is 6.04. The fourth-order valence-electron chi connectivity index (χ4n) is 2.14. The minimum absolute atomic E-state index is 0.149. The summed E-state index contributed by atoms with van der Waals surface area (Å²) in [4.78, 5) is 11.9. The number of nitriles is 1. The monoisotopic (exact) mass is 316 g/mol. The maximum atomic E-state index is 8.86. The van der Waals surface area contributed by atoms with Crippen LogP contribution in [0.4, 0.5) is 5.69 Å². The first-order valence-electron chi connectivity index (χ1n) is 6.72. The molecule has 0 saturated carbocycles. The Morgan fingerprint density at radius 2 is 1.43 bits per heavy atom. The minimum atomic E-state index is 0.149. The van der Waals surface area contributed by atoms with E-state index < -0.39 is 0 Å². The number of aromatic nitrogens is 2. The zero-order valence-corrected chi connectivity index (χ0v) is 12.6. The van der Waals surface area contributed by atoms with Crippen LogP contribution in [0.5, 0.6) is 0 Å². The van der Waals surface area contributed by atoms with Crippen molar-refractivity contribution in [3.8, 4) is 28.6 Å². The normalized spacial score (nSPS) is 9.87. The zero-order valence-electron chi connectivity index (χ0n) is 11.9. The summed E-state index contributed by atoms with van der Waals surface area (Å²) in [7, 11) is 0. The van der Waals surface area contributed by atoms with Crippen LogP contribution >= 0.6 is 11.6 Å². The van der Waals surface area contributed by atoms with Gasteiger partial charge in [-0.1, -0.05) is 36.4 Å². The highest BCUT2D eigenvalue weighted by Crippen LogP contribution is 2.26. The first kappa shape index (κ1) is 14.7. The van der Waals surface area contributed by atoms with Crippen LogP contribution in [-0.4, -0.2) is 9.97 Å². The fourth-order valence-corrected chi connectivity index (χ4v) is 2.32. The van der Waals surface area contributed by atoms with Gasteiger partial charge in [0.1, 0.15) is 0 Å². The van der Waals surface area contributed by atoms with E-state index in [0.717, 1.165) is 11.1 Å². The van der Waals surface area contributed by atoms with Gasteiger partial charge in [0.2, 0.25) is 5.28 Å². The maximum absolute atomic E-state index is 8.86. The van der Waals surface area contributed by atoms with Crippen LogP contribution in [0, 0.1) is 17.9 Å². The van der Waals surface area contributed by atoms with E-state index in [4.69, 9.17) is 23.4 Å². The zero-order chi connectivity index (χ0) is 16.2. The molecule has 1 aromatic heterocycles. The van der Waals surface area contributed by atoms with Gasteiger partial charge in [0.15, 0.2) is 5.69 Å². The van der Waals surface area contributed by atoms with Gasteiger partial charge in [-0.05, 0) is 35.4 Å². The Hall–Kier alpha value is -3.21. The topological polar surface area (TPSA) is 53.9 Å². The molecule has 23 heavy (non-hydrogen) atoms. The van der Waals surface area contributed by atoms with Crippen LogP contribution < -0.4 is 0 Å². The van der Waals surface area contributed by atoms with Gasteiger partial charge in [0.05, 0.1) is 29.6 Å². The van der Waals surface area contributed by atoms with Crippen molar-refractivity contribution in [3.05, 3.63) is 76.9 Å². The molecule has 0 aliphatic rings. The summed E-state index contributed by atoms with van der Waals surface area (Å²) < 4.78 is 0. The van der Waals surface area contributed by atoms with Crippen LogP contribution in [0.1, 0.15) is 5.56 Å². The van der Waals surface area contributed by atoms with Crippen LogP contribution in [0.15, 0.2) is 54.6 Å². The highest BCUT2D eigenvalue weighted by atomic mass is 35.5. The van der Waals surface area contributed by atoms with Crippen LogP contribution in [0.3, 0.4) is 0 Å². The van der Waals surface area contributed by atoms with Gasteiger partial charge in [0.25, 0.3) is 0 Å². The third kappa shape index (κ3) is 3.18. The first-order valence-corrected chi connectivity index (χ1v) is 7.10. The number of hydrogen-bond acceptors (Lipinski definition) is 3. The van der Waals surface area contributed by atoms with Gasteiger partial charge >= 0.3 is 0 Å². The summed E-state index contributed by atoms with van der Waals surface area (Å²) in [5, 5.41) is 9.01. The Labute approximate surface area is 138 Å². The molecule has 2 aromatic carbocycles. The number of hydrogen-bond donors (Lipinski definition) is 0. The molecule has 3 aromatic rings. The summed E-state index contributed by atoms with van der Waals surface area (Å²) in [5.74, 6) is 0. The van der Waals surface area contributed by atoms with Crippen LogP contribution in [0.2, 0.25) is 5.28 Å². The van der Waals surface area contributed by atoms with E-state index in [9.17, 15) is 0 Å². The smallest absolute Gasteiger partial charge is 0.223 e. The molecule has 1 heterocycles. The molecular formula is C18H9ClN4. The second kappa shape index (κ2) is 6.27. The Morgan fingerprint density at radius 1 is 0.913 bits per heavy atom. The van der Waals surface area contributed by atoms with E-state index in [1.807, 2.05) is 30.3 Å². The van der Waals surface area contributed by atoms with Crippen molar-refractivity contribution in [1.29, 1.82) is 5.26 Å². The lowest BCUT2D eigenvalue weighted by molar-refractivity contribution is 1.18. The summed E-state index contributed by atoms with van der Waals surface area (Å²) in [6, 6.07) is 18.2. The van der Waals surface area contributed by atoms with E-state index in [1.54, 1.807) is 24.3 Å². The van der Waals surface area contributed by atoms with Crippen molar-refractivity contribution in [2.24, 2.45) is 0 Å². The molecule has 4 nitrogen and oxygen atoms in total. The fraction of sp³-hybridized carbons (Fsp3) is 0. The second-order valence-corrected chi connectivity index (χ2v) is 5.09. The van der Waals surface area contributed by atoms with Crippen molar-refractivity contribution in [2.45, 2.75) is 0 Å². The van der Waals surface area contributed by atoms with Crippen LogP contribution in [-0.2, 0) is 0 Å². The molecule has 108 valence electrons. The highest BCUT2D eigenvalue weighted by molar-refractivity contribution is 6.28. The van der Waals surface area contributed by atoms with Crippen molar-refractivity contribution >= 4 is 17.3 Å². The second-order valence-electron chi connectivity index (χ2n) is 4.76. The number of nitrogens with zero attached hydrogens (tertiary/aromatic N) is 4. The van der Waals surface area contributed by atoms with E-state index in [-0.39, 0.29) is 5.28 Å². The lowest BCUT2D eigenvalue weighted by atomic mass is 10.1. The number of rotatable bonds is 2. The van der Waals surface area contributed by atoms with Gasteiger partial charge in [-0.2, -0.15) is 5.26 Å². The summed E-state index contributed by atoms with van der Waals surface area (Å²) in [5.41, 5.74) is 4.23. The molecular weight excluding hydrogens is 308 g/mol. The van der Waals surface area contributed by atoms with Gasteiger partial charge < -0.3 is 0 Å². The lowest BCUT2D eigenvalue weighted by Crippen LogP contribution is -1.92. The molecule has 0 aliphatic heterocycles. The molecule has 0 aliphatic carbocycles. The third-order valence-corrected chi connectivity index (χ3v) is 3.47. The molecule has 5 heteroatoms. The molecule has 0 radical (unpaired) electrons. The Morgan fingerprint density at radius 3 is 1.91 bits per heavy atom. The van der Waals surface area contributed by atoms with E-state index in [0.29, 0.717) is 22.6 Å². The van der Waals surface area contributed by atoms with Crippen molar-refractivity contribution < 1.29 is 0 Å². The molecule has 0 unspecified atom stereocenters. The number of halogens is 1. The minimum Gasteiger partial charge on any atom is -0.238 e. The first-order chi connectivity index (χ1) is 11.2. The van der Waals surface area contributed by atoms with Crippen LogP contribution in [0.25, 0.3) is 27.4 Å². The molecule has 0 bridgehead atoms. The van der Waals surface area contributed by atoms with Gasteiger partial charge in [0, 0.05) is 5.56 Å². The van der Waals surface area contributed by atoms with E-state index >= 15 is 0 Å². The van der Waals surface area contributed by atoms with E-state index in [2.05, 4.69) is 20.9 Å². The van der Waals surface area contributed by atoms with Crippen molar-refractivity contribution in [3.63, 3.8) is 0 Å². The predicted molar refractivity (Wildman–Crippen MR) is 88.9 cm³/mol.